The Morgan fingerprint density at radius 2 is 2.18 bits per heavy atom. The van der Waals surface area contributed by atoms with Gasteiger partial charge in [-0.1, -0.05) is 39.0 Å². The van der Waals surface area contributed by atoms with Gasteiger partial charge in [-0.05, 0) is 40.9 Å². The predicted molar refractivity (Wildman–Crippen MR) is 72.6 cm³/mol. The summed E-state index contributed by atoms with van der Waals surface area (Å²) in [4.78, 5) is 0. The van der Waals surface area contributed by atoms with Gasteiger partial charge in [0.05, 0.1) is 0 Å². The van der Waals surface area contributed by atoms with Crippen LogP contribution in [0.4, 0.5) is 0 Å². The molecule has 0 aromatic heterocycles. The molecule has 1 saturated heterocycles. The number of hydrogen-bond acceptors (Lipinski definition) is 1. The van der Waals surface area contributed by atoms with E-state index in [4.69, 9.17) is 0 Å². The van der Waals surface area contributed by atoms with Gasteiger partial charge in [0.25, 0.3) is 0 Å². The molecule has 0 amide bonds. The van der Waals surface area contributed by atoms with Gasteiger partial charge in [0.2, 0.25) is 0 Å². The van der Waals surface area contributed by atoms with Gasteiger partial charge in [-0.3, -0.25) is 0 Å². The molecule has 1 aliphatic heterocycles. The van der Waals surface area contributed by atoms with Crippen molar-refractivity contribution in [1.82, 2.24) is 5.32 Å². The fraction of sp³-hybridized carbons (Fsp3) is 0.625. The fourth-order valence-electron chi connectivity index (χ4n) is 3.81. The van der Waals surface area contributed by atoms with E-state index in [-0.39, 0.29) is 0 Å². The van der Waals surface area contributed by atoms with Gasteiger partial charge in [-0.25, -0.2) is 0 Å². The molecule has 2 aliphatic rings. The molecule has 1 N–H and O–H groups in total. The summed E-state index contributed by atoms with van der Waals surface area (Å²) in [7, 11) is 0. The molecule has 2 atom stereocenters. The maximum Gasteiger partial charge on any atom is 0.00323 e. The second-order valence-corrected chi connectivity index (χ2v) is 6.41. The van der Waals surface area contributed by atoms with Crippen molar-refractivity contribution in [3.05, 3.63) is 34.9 Å². The van der Waals surface area contributed by atoms with Crippen molar-refractivity contribution < 1.29 is 0 Å². The summed E-state index contributed by atoms with van der Waals surface area (Å²) in [6.45, 7) is 9.46. The maximum absolute atomic E-state index is 3.59. The fourth-order valence-corrected chi connectivity index (χ4v) is 3.81. The highest BCUT2D eigenvalue weighted by atomic mass is 14.9. The average molecular weight is 229 g/mol. The van der Waals surface area contributed by atoms with Crippen molar-refractivity contribution in [2.75, 3.05) is 13.1 Å². The topological polar surface area (TPSA) is 12.0 Å². The smallest absolute Gasteiger partial charge is 0.00323 e. The van der Waals surface area contributed by atoms with E-state index < -0.39 is 0 Å². The second kappa shape index (κ2) is 3.84. The highest BCUT2D eigenvalue weighted by Crippen LogP contribution is 2.48. The van der Waals surface area contributed by atoms with Crippen molar-refractivity contribution in [2.24, 2.45) is 5.41 Å². The molecule has 1 nitrogen and oxygen atoms in total. The second-order valence-electron chi connectivity index (χ2n) is 6.41. The van der Waals surface area contributed by atoms with Crippen LogP contribution in [0.1, 0.15) is 55.7 Å². The van der Waals surface area contributed by atoms with Gasteiger partial charge in [0, 0.05) is 19.0 Å². The average Bonchev–Trinajstić information content (AvgIpc) is 2.70. The van der Waals surface area contributed by atoms with Gasteiger partial charge < -0.3 is 5.32 Å². The molecule has 92 valence electrons. The van der Waals surface area contributed by atoms with E-state index in [9.17, 15) is 0 Å². The Balaban J connectivity index is 2.10. The monoisotopic (exact) mass is 229 g/mol. The summed E-state index contributed by atoms with van der Waals surface area (Å²) >= 11 is 0. The minimum atomic E-state index is 0.503. The molecule has 0 bridgehead atoms. The Hall–Kier alpha value is -0.820. The van der Waals surface area contributed by atoms with Crippen LogP contribution in [0.3, 0.4) is 0 Å². The third-order valence-corrected chi connectivity index (χ3v) is 4.91. The normalized spacial score (nSPS) is 31.4. The van der Waals surface area contributed by atoms with E-state index in [0.29, 0.717) is 11.3 Å². The summed E-state index contributed by atoms with van der Waals surface area (Å²) in [5, 5.41) is 3.59. The standard InChI is InChI=1S/C16H23N/c1-11(2)12-5-4-6-14-13(12)7-8-16(3)10-17-9-15(14)16/h4-6,11,15,17H,7-10H2,1-3H3/t15?,16-/m0/s1. The quantitative estimate of drug-likeness (QED) is 0.777. The van der Waals surface area contributed by atoms with Gasteiger partial charge in [0.15, 0.2) is 0 Å². The lowest BCUT2D eigenvalue weighted by atomic mass is 9.66. The summed E-state index contributed by atoms with van der Waals surface area (Å²) < 4.78 is 0. The molecule has 0 spiro atoms. The zero-order valence-electron chi connectivity index (χ0n) is 11.2. The lowest BCUT2D eigenvalue weighted by Gasteiger charge is -2.38. The molecular weight excluding hydrogens is 206 g/mol. The van der Waals surface area contributed by atoms with E-state index >= 15 is 0 Å². The van der Waals surface area contributed by atoms with E-state index in [1.165, 1.54) is 25.9 Å². The number of benzene rings is 1. The minimum absolute atomic E-state index is 0.503. The van der Waals surface area contributed by atoms with Crippen LogP contribution in [-0.2, 0) is 6.42 Å². The Bertz CT molecular complexity index is 435. The summed E-state index contributed by atoms with van der Waals surface area (Å²) in [5.74, 6) is 1.40. The summed E-state index contributed by atoms with van der Waals surface area (Å²) in [6.07, 6.45) is 2.62. The molecular formula is C16H23N. The van der Waals surface area contributed by atoms with Crippen LogP contribution in [0.5, 0.6) is 0 Å². The molecule has 1 fully saturated rings. The Kier molecular flexibility index (Phi) is 2.55. The van der Waals surface area contributed by atoms with Crippen molar-refractivity contribution >= 4 is 0 Å². The number of rotatable bonds is 1. The lowest BCUT2D eigenvalue weighted by Crippen LogP contribution is -2.30. The zero-order chi connectivity index (χ0) is 12.0. The highest BCUT2D eigenvalue weighted by Gasteiger charge is 2.43. The van der Waals surface area contributed by atoms with Crippen LogP contribution >= 0.6 is 0 Å². The van der Waals surface area contributed by atoms with E-state index in [1.807, 2.05) is 0 Å². The molecule has 1 heterocycles. The number of hydrogen-bond donors (Lipinski definition) is 1. The highest BCUT2D eigenvalue weighted by molar-refractivity contribution is 5.43. The van der Waals surface area contributed by atoms with Crippen molar-refractivity contribution in [3.8, 4) is 0 Å². The van der Waals surface area contributed by atoms with Crippen LogP contribution in [0.15, 0.2) is 18.2 Å². The SMILES string of the molecule is CC(C)c1cccc2c1CC[C@@]1(C)CNCC21. The minimum Gasteiger partial charge on any atom is -0.316 e. The van der Waals surface area contributed by atoms with E-state index in [2.05, 4.69) is 44.3 Å². The first-order valence-electron chi connectivity index (χ1n) is 6.94. The third-order valence-electron chi connectivity index (χ3n) is 4.91. The summed E-state index contributed by atoms with van der Waals surface area (Å²) in [5.41, 5.74) is 5.38. The number of nitrogens with one attached hydrogen (secondary N) is 1. The molecule has 1 heteroatoms. The number of fused-ring (bicyclic) bond motifs is 3. The van der Waals surface area contributed by atoms with E-state index in [1.54, 1.807) is 16.7 Å². The molecule has 1 aromatic carbocycles. The molecule has 3 rings (SSSR count). The third kappa shape index (κ3) is 1.63. The first kappa shape index (κ1) is 11.3. The largest absolute Gasteiger partial charge is 0.316 e. The van der Waals surface area contributed by atoms with Crippen molar-refractivity contribution in [2.45, 2.75) is 45.4 Å². The predicted octanol–water partition coefficient (Wildman–Crippen LogP) is 3.45. The van der Waals surface area contributed by atoms with Crippen LogP contribution < -0.4 is 5.32 Å². The van der Waals surface area contributed by atoms with Crippen molar-refractivity contribution in [1.29, 1.82) is 0 Å². The van der Waals surface area contributed by atoms with Gasteiger partial charge in [-0.15, -0.1) is 0 Å². The Morgan fingerprint density at radius 1 is 1.35 bits per heavy atom. The molecule has 17 heavy (non-hydrogen) atoms. The molecule has 0 saturated carbocycles. The van der Waals surface area contributed by atoms with Crippen LogP contribution in [0.2, 0.25) is 0 Å². The molecule has 1 aromatic rings. The van der Waals surface area contributed by atoms with Crippen LogP contribution in [-0.4, -0.2) is 13.1 Å². The first-order chi connectivity index (χ1) is 8.12. The van der Waals surface area contributed by atoms with Crippen LogP contribution in [0, 0.1) is 5.41 Å². The van der Waals surface area contributed by atoms with Crippen molar-refractivity contribution in [3.63, 3.8) is 0 Å². The zero-order valence-corrected chi connectivity index (χ0v) is 11.2. The van der Waals surface area contributed by atoms with E-state index in [0.717, 1.165) is 5.92 Å². The molecule has 1 unspecified atom stereocenters. The Morgan fingerprint density at radius 3 is 2.94 bits per heavy atom. The lowest BCUT2D eigenvalue weighted by molar-refractivity contribution is 0.276. The first-order valence-corrected chi connectivity index (χ1v) is 6.94. The van der Waals surface area contributed by atoms with Gasteiger partial charge in [0.1, 0.15) is 0 Å². The summed E-state index contributed by atoms with van der Waals surface area (Å²) in [6, 6.07) is 6.96. The van der Waals surface area contributed by atoms with Crippen LogP contribution in [0.25, 0.3) is 0 Å². The Labute approximate surface area is 105 Å². The van der Waals surface area contributed by atoms with Gasteiger partial charge >= 0.3 is 0 Å². The molecule has 1 aliphatic carbocycles. The van der Waals surface area contributed by atoms with Gasteiger partial charge in [-0.2, -0.15) is 0 Å². The molecule has 0 radical (unpaired) electrons. The maximum atomic E-state index is 3.59.